The third-order valence-electron chi connectivity index (χ3n) is 5.65. The molecule has 0 aliphatic carbocycles. The highest BCUT2D eigenvalue weighted by atomic mass is 16.6. The zero-order chi connectivity index (χ0) is 24.8. The van der Waals surface area contributed by atoms with Gasteiger partial charge < -0.3 is 19.9 Å². The van der Waals surface area contributed by atoms with Crippen molar-refractivity contribution in [3.63, 3.8) is 0 Å². The molecule has 3 N–H and O–H groups in total. The number of benzene rings is 1. The summed E-state index contributed by atoms with van der Waals surface area (Å²) < 4.78 is 12.6. The van der Waals surface area contributed by atoms with Gasteiger partial charge in [-0.05, 0) is 50.8 Å². The summed E-state index contributed by atoms with van der Waals surface area (Å²) >= 11 is 0. The summed E-state index contributed by atoms with van der Waals surface area (Å²) in [5, 5.41) is 25.0. The predicted molar refractivity (Wildman–Crippen MR) is 132 cm³/mol. The Labute approximate surface area is 204 Å². The van der Waals surface area contributed by atoms with Crippen LogP contribution in [0.5, 0.6) is 5.75 Å². The molecule has 2 aromatic heterocycles. The van der Waals surface area contributed by atoms with E-state index >= 15 is 0 Å². The highest BCUT2D eigenvalue weighted by Crippen LogP contribution is 2.25. The zero-order valence-electron chi connectivity index (χ0n) is 20.4. The molecule has 1 aromatic carbocycles. The number of hydrogen-bond donors (Lipinski definition) is 3. The van der Waals surface area contributed by atoms with Gasteiger partial charge in [-0.2, -0.15) is 0 Å². The third-order valence-corrected chi connectivity index (χ3v) is 5.65. The Morgan fingerprint density at radius 2 is 2.09 bits per heavy atom. The highest BCUT2D eigenvalue weighted by molar-refractivity contribution is 5.84. The maximum atomic E-state index is 12.4. The van der Waals surface area contributed by atoms with Crippen molar-refractivity contribution in [2.24, 2.45) is 5.92 Å². The molecule has 1 atom stereocenters. The van der Waals surface area contributed by atoms with E-state index in [9.17, 15) is 9.90 Å². The van der Waals surface area contributed by atoms with E-state index < -0.39 is 12.3 Å². The average molecular weight is 484 g/mol. The number of nitrogens with one attached hydrogen (secondary N) is 2. The van der Waals surface area contributed by atoms with Gasteiger partial charge in [-0.3, -0.25) is 14.6 Å². The number of aliphatic hydroxyl groups is 1. The molecule has 35 heavy (non-hydrogen) atoms. The van der Waals surface area contributed by atoms with E-state index in [0.29, 0.717) is 48.3 Å². The van der Waals surface area contributed by atoms with Crippen LogP contribution in [-0.2, 0) is 4.74 Å². The van der Waals surface area contributed by atoms with Crippen molar-refractivity contribution in [1.82, 2.24) is 29.8 Å². The van der Waals surface area contributed by atoms with Crippen molar-refractivity contribution in [1.29, 1.82) is 0 Å². The number of fused-ring (bicyclic) bond motifs is 3. The van der Waals surface area contributed by atoms with Gasteiger partial charge in [0.1, 0.15) is 24.4 Å². The van der Waals surface area contributed by atoms with Crippen molar-refractivity contribution in [3.8, 4) is 5.75 Å². The SMILES string of the molecule is Cc1nnc2c(NCCCCNC(O)CC(C)C)nc3cc(OC(=O)N4C=COCC4)ccc3n12. The van der Waals surface area contributed by atoms with Gasteiger partial charge in [-0.15, -0.1) is 10.2 Å². The van der Waals surface area contributed by atoms with E-state index in [1.165, 1.54) is 11.2 Å². The second-order valence-electron chi connectivity index (χ2n) is 8.97. The number of anilines is 1. The van der Waals surface area contributed by atoms with Crippen molar-refractivity contribution < 1.29 is 19.4 Å². The average Bonchev–Trinajstić information content (AvgIpc) is 3.23. The number of rotatable bonds is 10. The lowest BCUT2D eigenvalue weighted by atomic mass is 10.1. The lowest BCUT2D eigenvalue weighted by Gasteiger charge is -2.20. The minimum atomic E-state index is -0.476. The van der Waals surface area contributed by atoms with Gasteiger partial charge in [-0.1, -0.05) is 13.8 Å². The van der Waals surface area contributed by atoms with Crippen molar-refractivity contribution in [2.75, 3.05) is 31.6 Å². The molecular formula is C24H33N7O4. The summed E-state index contributed by atoms with van der Waals surface area (Å²) in [5.41, 5.74) is 2.12. The van der Waals surface area contributed by atoms with Gasteiger partial charge in [-0.25, -0.2) is 9.78 Å². The normalized spacial score (nSPS) is 14.5. The topological polar surface area (TPSA) is 126 Å². The molecule has 0 radical (unpaired) electrons. The van der Waals surface area contributed by atoms with E-state index in [2.05, 4.69) is 34.7 Å². The number of hydrogen-bond acceptors (Lipinski definition) is 9. The maximum absolute atomic E-state index is 12.4. The lowest BCUT2D eigenvalue weighted by molar-refractivity contribution is 0.113. The maximum Gasteiger partial charge on any atom is 0.419 e. The number of aryl methyl sites for hydroxylation is 1. The van der Waals surface area contributed by atoms with Gasteiger partial charge in [0.05, 0.1) is 23.8 Å². The standard InChI is InChI=1S/C24H33N7O4/c1-16(2)14-21(32)25-8-4-5-9-26-22-23-29-28-17(3)31(23)20-7-6-18(15-19(20)27-22)35-24(33)30-10-12-34-13-11-30/h6-7,10,12,15-16,21,25,32H,4-5,8-9,11,13-14H2,1-3H3,(H,26,27). The second kappa shape index (κ2) is 11.3. The van der Waals surface area contributed by atoms with E-state index in [4.69, 9.17) is 14.5 Å². The minimum absolute atomic E-state index is 0.400. The number of aromatic nitrogens is 4. The first-order chi connectivity index (χ1) is 16.9. The number of unbranched alkanes of at least 4 members (excludes halogenated alkanes) is 1. The van der Waals surface area contributed by atoms with Crippen molar-refractivity contribution in [2.45, 2.75) is 46.3 Å². The van der Waals surface area contributed by atoms with Crippen LogP contribution < -0.4 is 15.4 Å². The summed E-state index contributed by atoms with van der Waals surface area (Å²) in [4.78, 5) is 18.6. The zero-order valence-corrected chi connectivity index (χ0v) is 20.4. The van der Waals surface area contributed by atoms with E-state index in [0.717, 1.165) is 37.1 Å². The molecule has 1 aliphatic rings. The Hall–Kier alpha value is -3.44. The first-order valence-corrected chi connectivity index (χ1v) is 12.0. The first-order valence-electron chi connectivity index (χ1n) is 12.0. The van der Waals surface area contributed by atoms with Crippen LogP contribution in [0.4, 0.5) is 10.6 Å². The number of carbonyl (C=O) groups is 1. The smallest absolute Gasteiger partial charge is 0.419 e. The van der Waals surface area contributed by atoms with Crippen LogP contribution in [-0.4, -0.2) is 68.2 Å². The van der Waals surface area contributed by atoms with Crippen LogP contribution in [0.2, 0.25) is 0 Å². The monoisotopic (exact) mass is 483 g/mol. The predicted octanol–water partition coefficient (Wildman–Crippen LogP) is 3.03. The molecule has 1 unspecified atom stereocenters. The number of nitrogens with zero attached hydrogens (tertiary/aromatic N) is 5. The Morgan fingerprint density at radius 1 is 1.26 bits per heavy atom. The molecule has 11 nitrogen and oxygen atoms in total. The summed E-state index contributed by atoms with van der Waals surface area (Å²) in [6.07, 6.45) is 4.63. The quantitative estimate of drug-likeness (QED) is 0.295. The second-order valence-corrected chi connectivity index (χ2v) is 8.97. The highest BCUT2D eigenvalue weighted by Gasteiger charge is 2.18. The summed E-state index contributed by atoms with van der Waals surface area (Å²) in [5.74, 6) is 2.21. The molecule has 3 aromatic rings. The molecular weight excluding hydrogens is 450 g/mol. The minimum Gasteiger partial charge on any atom is -0.498 e. The first kappa shape index (κ1) is 24.7. The molecule has 0 spiro atoms. The number of amides is 1. The molecule has 3 heterocycles. The van der Waals surface area contributed by atoms with Crippen LogP contribution in [0.15, 0.2) is 30.7 Å². The van der Waals surface area contributed by atoms with Gasteiger partial charge in [0.15, 0.2) is 5.82 Å². The fourth-order valence-electron chi connectivity index (χ4n) is 3.92. The molecule has 4 rings (SSSR count). The number of aliphatic hydroxyl groups excluding tert-OH is 1. The molecule has 188 valence electrons. The molecule has 11 heteroatoms. The van der Waals surface area contributed by atoms with E-state index in [1.54, 1.807) is 18.3 Å². The molecule has 0 fully saturated rings. The Balaban J connectivity index is 1.43. The van der Waals surface area contributed by atoms with Crippen molar-refractivity contribution in [3.05, 3.63) is 36.5 Å². The molecule has 0 bridgehead atoms. The lowest BCUT2D eigenvalue weighted by Crippen LogP contribution is -2.33. The molecule has 1 aliphatic heterocycles. The van der Waals surface area contributed by atoms with E-state index in [-0.39, 0.29) is 0 Å². The summed E-state index contributed by atoms with van der Waals surface area (Å²) in [7, 11) is 0. The molecule has 0 saturated heterocycles. The Kier molecular flexibility index (Phi) is 7.98. The van der Waals surface area contributed by atoms with Crippen LogP contribution in [0, 0.1) is 12.8 Å². The van der Waals surface area contributed by atoms with Crippen LogP contribution in [0.25, 0.3) is 16.7 Å². The van der Waals surface area contributed by atoms with Crippen LogP contribution in [0.3, 0.4) is 0 Å². The largest absolute Gasteiger partial charge is 0.498 e. The van der Waals surface area contributed by atoms with Gasteiger partial charge in [0.2, 0.25) is 5.65 Å². The third kappa shape index (κ3) is 6.17. The van der Waals surface area contributed by atoms with Crippen LogP contribution in [0.1, 0.15) is 38.9 Å². The van der Waals surface area contributed by atoms with Crippen molar-refractivity contribution >= 4 is 28.6 Å². The van der Waals surface area contributed by atoms with Gasteiger partial charge >= 0.3 is 6.09 Å². The molecule has 0 saturated carbocycles. The van der Waals surface area contributed by atoms with Crippen LogP contribution >= 0.6 is 0 Å². The van der Waals surface area contributed by atoms with E-state index in [1.807, 2.05) is 17.4 Å². The van der Waals surface area contributed by atoms with Gasteiger partial charge in [0.25, 0.3) is 0 Å². The summed E-state index contributed by atoms with van der Waals surface area (Å²) in [6.45, 7) is 8.37. The molecule has 1 amide bonds. The number of ether oxygens (including phenoxy) is 2. The Morgan fingerprint density at radius 3 is 2.86 bits per heavy atom. The van der Waals surface area contributed by atoms with Gasteiger partial charge in [0, 0.05) is 18.8 Å². The summed E-state index contributed by atoms with van der Waals surface area (Å²) in [6, 6.07) is 5.32. The Bertz CT molecular complexity index is 1190. The fraction of sp³-hybridized carbons (Fsp3) is 0.500. The fourth-order valence-corrected chi connectivity index (χ4v) is 3.92. The number of carbonyl (C=O) groups excluding carboxylic acids is 1.